The van der Waals surface area contributed by atoms with Gasteiger partial charge in [0, 0.05) is 31.7 Å². The zero-order valence-electron chi connectivity index (χ0n) is 15.7. The summed E-state index contributed by atoms with van der Waals surface area (Å²) in [5.41, 5.74) is 0.545. The summed E-state index contributed by atoms with van der Waals surface area (Å²) < 4.78 is 5.10. The smallest absolute Gasteiger partial charge is 0.239 e. The van der Waals surface area contributed by atoms with Gasteiger partial charge in [0.2, 0.25) is 11.8 Å². The van der Waals surface area contributed by atoms with E-state index in [9.17, 15) is 9.59 Å². The third-order valence-corrected chi connectivity index (χ3v) is 4.28. The average molecular weight is 355 g/mol. The zero-order valence-corrected chi connectivity index (χ0v) is 15.7. The van der Waals surface area contributed by atoms with E-state index in [1.165, 1.54) is 0 Å². The molecule has 0 radical (unpaired) electrons. The summed E-state index contributed by atoms with van der Waals surface area (Å²) in [7, 11) is 3.29. The molecule has 0 aliphatic carbocycles. The molecule has 0 spiro atoms. The lowest BCUT2D eigenvalue weighted by molar-refractivity contribution is -0.145. The van der Waals surface area contributed by atoms with Gasteiger partial charge in [-0.3, -0.25) is 14.6 Å². The van der Waals surface area contributed by atoms with Crippen LogP contribution in [-0.4, -0.2) is 42.4 Å². The number of anilines is 1. The first-order valence-electron chi connectivity index (χ1n) is 8.44. The molecule has 0 saturated carbocycles. The Kier molecular flexibility index (Phi) is 6.33. The minimum Gasteiger partial charge on any atom is -0.497 e. The molecule has 0 atom stereocenters. The van der Waals surface area contributed by atoms with Crippen LogP contribution in [0.2, 0.25) is 0 Å². The van der Waals surface area contributed by atoms with Gasteiger partial charge < -0.3 is 15.0 Å². The van der Waals surface area contributed by atoms with Crippen molar-refractivity contribution >= 4 is 17.5 Å². The van der Waals surface area contributed by atoms with Gasteiger partial charge in [0.25, 0.3) is 0 Å². The maximum atomic E-state index is 12.8. The molecule has 0 aliphatic rings. The molecule has 1 aromatic heterocycles. The predicted octanol–water partition coefficient (Wildman–Crippen LogP) is 2.76. The molecule has 0 bridgehead atoms. The molecule has 0 aliphatic heterocycles. The number of aromatic nitrogens is 1. The Morgan fingerprint density at radius 1 is 1.12 bits per heavy atom. The molecule has 6 heteroatoms. The lowest BCUT2D eigenvalue weighted by Gasteiger charge is -2.28. The van der Waals surface area contributed by atoms with Crippen molar-refractivity contribution in [1.29, 1.82) is 0 Å². The molecule has 0 unspecified atom stereocenters. The maximum absolute atomic E-state index is 12.8. The van der Waals surface area contributed by atoms with Crippen LogP contribution in [0.3, 0.4) is 0 Å². The van der Waals surface area contributed by atoms with E-state index in [2.05, 4.69) is 10.3 Å². The molecule has 2 amide bonds. The molecule has 0 fully saturated rings. The molecule has 2 aromatic rings. The average Bonchev–Trinajstić information content (AvgIpc) is 2.66. The highest BCUT2D eigenvalue weighted by Crippen LogP contribution is 2.23. The Bertz CT molecular complexity index is 743. The van der Waals surface area contributed by atoms with Crippen molar-refractivity contribution in [2.24, 2.45) is 5.41 Å². The SMILES string of the molecule is COc1ccc(NC(=O)C(C)(C)C(=O)N(C)CCc2ccncc2)cc1. The number of likely N-dealkylation sites (N-methyl/N-ethyl adjacent to an activating group) is 1. The summed E-state index contributed by atoms with van der Waals surface area (Å²) in [6.07, 6.45) is 4.16. The Morgan fingerprint density at radius 3 is 2.31 bits per heavy atom. The highest BCUT2D eigenvalue weighted by atomic mass is 16.5. The van der Waals surface area contributed by atoms with Crippen molar-refractivity contribution in [3.63, 3.8) is 0 Å². The lowest BCUT2D eigenvalue weighted by Crippen LogP contribution is -2.46. The topological polar surface area (TPSA) is 71.5 Å². The van der Waals surface area contributed by atoms with Gasteiger partial charge in [0.15, 0.2) is 0 Å². The number of carbonyl (C=O) groups is 2. The molecule has 0 saturated heterocycles. The van der Waals surface area contributed by atoms with Crippen LogP contribution in [0.25, 0.3) is 0 Å². The highest BCUT2D eigenvalue weighted by molar-refractivity contribution is 6.09. The van der Waals surface area contributed by atoms with Gasteiger partial charge in [-0.05, 0) is 62.2 Å². The van der Waals surface area contributed by atoms with Gasteiger partial charge >= 0.3 is 0 Å². The number of hydrogen-bond donors (Lipinski definition) is 1. The van der Waals surface area contributed by atoms with E-state index in [0.29, 0.717) is 24.4 Å². The van der Waals surface area contributed by atoms with E-state index < -0.39 is 5.41 Å². The minimum atomic E-state index is -1.17. The van der Waals surface area contributed by atoms with Crippen molar-refractivity contribution in [1.82, 2.24) is 9.88 Å². The normalized spacial score (nSPS) is 10.9. The van der Waals surface area contributed by atoms with Crippen LogP contribution in [0, 0.1) is 5.41 Å². The van der Waals surface area contributed by atoms with Crippen LogP contribution in [0.1, 0.15) is 19.4 Å². The number of pyridine rings is 1. The number of hydrogen-bond acceptors (Lipinski definition) is 4. The number of rotatable bonds is 7. The second-order valence-corrected chi connectivity index (χ2v) is 6.64. The van der Waals surface area contributed by atoms with Gasteiger partial charge in [-0.2, -0.15) is 0 Å². The second kappa shape index (κ2) is 8.47. The quantitative estimate of drug-likeness (QED) is 0.775. The third kappa shape index (κ3) is 4.81. The summed E-state index contributed by atoms with van der Waals surface area (Å²) in [6, 6.07) is 10.8. The van der Waals surface area contributed by atoms with E-state index in [1.54, 1.807) is 69.6 Å². The van der Waals surface area contributed by atoms with E-state index in [4.69, 9.17) is 4.74 Å². The molecular formula is C20H25N3O3. The summed E-state index contributed by atoms with van der Waals surface area (Å²) >= 11 is 0. The maximum Gasteiger partial charge on any atom is 0.239 e. The van der Waals surface area contributed by atoms with Crippen LogP contribution >= 0.6 is 0 Å². The number of amides is 2. The molecular weight excluding hydrogens is 330 g/mol. The zero-order chi connectivity index (χ0) is 19.2. The molecule has 26 heavy (non-hydrogen) atoms. The monoisotopic (exact) mass is 355 g/mol. The fourth-order valence-corrected chi connectivity index (χ4v) is 2.48. The Morgan fingerprint density at radius 2 is 1.73 bits per heavy atom. The highest BCUT2D eigenvalue weighted by Gasteiger charge is 2.38. The van der Waals surface area contributed by atoms with Gasteiger partial charge in [-0.25, -0.2) is 0 Å². The van der Waals surface area contributed by atoms with Crippen LogP contribution in [-0.2, 0) is 16.0 Å². The van der Waals surface area contributed by atoms with Crippen LogP contribution in [0.4, 0.5) is 5.69 Å². The van der Waals surface area contributed by atoms with Crippen LogP contribution in [0.15, 0.2) is 48.8 Å². The molecule has 1 N–H and O–H groups in total. The molecule has 1 aromatic carbocycles. The van der Waals surface area contributed by atoms with Gasteiger partial charge in [0.05, 0.1) is 7.11 Å². The van der Waals surface area contributed by atoms with Crippen molar-refractivity contribution in [3.05, 3.63) is 54.4 Å². The largest absolute Gasteiger partial charge is 0.497 e. The molecule has 6 nitrogen and oxygen atoms in total. The minimum absolute atomic E-state index is 0.224. The Balaban J connectivity index is 1.96. The van der Waals surface area contributed by atoms with E-state index in [-0.39, 0.29) is 11.8 Å². The molecule has 2 rings (SSSR count). The lowest BCUT2D eigenvalue weighted by atomic mass is 9.90. The van der Waals surface area contributed by atoms with Crippen molar-refractivity contribution in [2.75, 3.05) is 26.0 Å². The first-order chi connectivity index (χ1) is 12.3. The summed E-state index contributed by atoms with van der Waals surface area (Å²) in [5, 5.41) is 2.79. The fourth-order valence-electron chi connectivity index (χ4n) is 2.48. The summed E-state index contributed by atoms with van der Waals surface area (Å²) in [4.78, 5) is 30.9. The van der Waals surface area contributed by atoms with Crippen molar-refractivity contribution < 1.29 is 14.3 Å². The fraction of sp³-hybridized carbons (Fsp3) is 0.350. The standard InChI is InChI=1S/C20H25N3O3/c1-20(2,18(24)22-16-5-7-17(26-4)8-6-16)19(25)23(3)14-11-15-9-12-21-13-10-15/h5-10,12-13H,11,14H2,1-4H3,(H,22,24). The third-order valence-electron chi connectivity index (χ3n) is 4.28. The van der Waals surface area contributed by atoms with Crippen LogP contribution in [0.5, 0.6) is 5.75 Å². The number of ether oxygens (including phenoxy) is 1. The number of nitrogens with zero attached hydrogens (tertiary/aromatic N) is 2. The number of nitrogens with one attached hydrogen (secondary N) is 1. The summed E-state index contributed by atoms with van der Waals surface area (Å²) in [5.74, 6) is 0.134. The van der Waals surface area contributed by atoms with Crippen molar-refractivity contribution in [3.8, 4) is 5.75 Å². The van der Waals surface area contributed by atoms with E-state index in [0.717, 1.165) is 5.56 Å². The number of carbonyl (C=O) groups excluding carboxylic acids is 2. The summed E-state index contributed by atoms with van der Waals surface area (Å²) in [6.45, 7) is 3.80. The van der Waals surface area contributed by atoms with Gasteiger partial charge in [-0.15, -0.1) is 0 Å². The van der Waals surface area contributed by atoms with Crippen LogP contribution < -0.4 is 10.1 Å². The first-order valence-corrected chi connectivity index (χ1v) is 8.44. The van der Waals surface area contributed by atoms with Gasteiger partial charge in [-0.1, -0.05) is 0 Å². The first kappa shape index (κ1) is 19.4. The Labute approximate surface area is 154 Å². The van der Waals surface area contributed by atoms with E-state index >= 15 is 0 Å². The number of methoxy groups -OCH3 is 1. The predicted molar refractivity (Wildman–Crippen MR) is 101 cm³/mol. The Hall–Kier alpha value is -2.89. The molecule has 138 valence electrons. The van der Waals surface area contributed by atoms with Crippen molar-refractivity contribution in [2.45, 2.75) is 20.3 Å². The van der Waals surface area contributed by atoms with E-state index in [1.807, 2.05) is 12.1 Å². The number of benzene rings is 1. The van der Waals surface area contributed by atoms with Gasteiger partial charge in [0.1, 0.15) is 11.2 Å². The second-order valence-electron chi connectivity index (χ2n) is 6.64. The molecule has 1 heterocycles.